The number of ether oxygens (including phenoxy) is 1. The number of aliphatic hydroxyl groups excluding tert-OH is 1. The monoisotopic (exact) mass is 755 g/mol. The largest absolute Gasteiger partial charge is 0.480 e. The maximum atomic E-state index is 12.7. The van der Waals surface area contributed by atoms with Gasteiger partial charge >= 0.3 is 11.9 Å². The van der Waals surface area contributed by atoms with Crippen LogP contribution in [0.25, 0.3) is 0 Å². The molecule has 0 aromatic carbocycles. The Hall–Kier alpha value is -3.72. The van der Waals surface area contributed by atoms with E-state index in [9.17, 15) is 19.2 Å². The maximum Gasteiger partial charge on any atom is 0.328 e. The van der Waals surface area contributed by atoms with Gasteiger partial charge in [0.1, 0.15) is 12.1 Å². The topological polar surface area (TPSA) is 142 Å². The Bertz CT molecular complexity index is 1140. The number of amides is 2. The molecule has 0 radical (unpaired) electrons. The number of hydrogen-bond acceptors (Lipinski definition) is 6. The Labute approximate surface area is 327 Å². The van der Waals surface area contributed by atoms with Crippen molar-refractivity contribution in [1.29, 1.82) is 0 Å². The van der Waals surface area contributed by atoms with Gasteiger partial charge in [-0.3, -0.25) is 14.4 Å². The van der Waals surface area contributed by atoms with Gasteiger partial charge < -0.3 is 25.6 Å². The summed E-state index contributed by atoms with van der Waals surface area (Å²) in [5.41, 5.74) is 0. The van der Waals surface area contributed by atoms with Crippen LogP contribution in [0.5, 0.6) is 0 Å². The second-order valence-corrected chi connectivity index (χ2v) is 13.7. The molecule has 2 atom stereocenters. The van der Waals surface area contributed by atoms with E-state index in [2.05, 4.69) is 91.3 Å². The van der Waals surface area contributed by atoms with E-state index in [0.29, 0.717) is 12.8 Å². The van der Waals surface area contributed by atoms with Crippen LogP contribution in [0.15, 0.2) is 72.9 Å². The number of allylic oxidation sites excluding steroid dienone is 11. The highest BCUT2D eigenvalue weighted by atomic mass is 16.5. The Morgan fingerprint density at radius 2 is 1.11 bits per heavy atom. The predicted molar refractivity (Wildman–Crippen MR) is 222 cm³/mol. The van der Waals surface area contributed by atoms with Gasteiger partial charge in [0.2, 0.25) is 11.8 Å². The molecule has 0 bridgehead atoms. The molecule has 0 aromatic heterocycles. The highest BCUT2D eigenvalue weighted by molar-refractivity contribution is 5.87. The van der Waals surface area contributed by atoms with Crippen LogP contribution in [0.2, 0.25) is 0 Å². The summed E-state index contributed by atoms with van der Waals surface area (Å²) in [7, 11) is 0. The molecule has 306 valence electrons. The lowest BCUT2D eigenvalue weighted by atomic mass is 10.1. The minimum absolute atomic E-state index is 0.121. The molecule has 0 saturated carbocycles. The smallest absolute Gasteiger partial charge is 0.328 e. The van der Waals surface area contributed by atoms with Crippen molar-refractivity contribution in [3.05, 3.63) is 72.9 Å². The molecule has 0 aliphatic rings. The normalized spacial score (nSPS) is 13.2. The summed E-state index contributed by atoms with van der Waals surface area (Å²) >= 11 is 0. The number of carbonyl (C=O) groups is 4. The first kappa shape index (κ1) is 50.3. The number of unbranched alkanes of at least 4 members (excludes halogenated alkanes) is 12. The highest BCUT2D eigenvalue weighted by Gasteiger charge is 2.18. The van der Waals surface area contributed by atoms with Crippen LogP contribution in [0.1, 0.15) is 162 Å². The van der Waals surface area contributed by atoms with Gasteiger partial charge in [-0.1, -0.05) is 132 Å². The molecule has 0 aliphatic heterocycles. The molecule has 0 heterocycles. The van der Waals surface area contributed by atoms with Crippen LogP contribution in [0.3, 0.4) is 0 Å². The molecular weight excluding hydrogens is 681 g/mol. The molecule has 2 amide bonds. The molecule has 4 N–H and O–H groups in total. The standard InChI is InChI=1S/C45H74N2O7/c1-3-5-7-9-11-13-14-15-16-17-18-19-20-21-23-29-33-37-44(51)54-40(34-30-26-22-12-10-8-6-4-2)35-31-27-24-25-28-32-36-42(49)46-38-43(50)47-41(39-48)45(52)53/h5,7,11-13,15-16,18-19,22,30,34,40-41,48H,3-4,6,8-10,14,17,20-21,23-29,31-33,35-39H2,1-2H3,(H,46,49)(H,47,50)(H,52,53)/b7-5-,13-11-,16-15-,19-18-,22-12-,34-30-. The zero-order valence-corrected chi connectivity index (χ0v) is 33.7. The third-order valence-corrected chi connectivity index (χ3v) is 8.67. The van der Waals surface area contributed by atoms with E-state index >= 15 is 0 Å². The Morgan fingerprint density at radius 1 is 0.593 bits per heavy atom. The molecule has 0 saturated heterocycles. The number of aliphatic carboxylic acids is 1. The number of rotatable bonds is 36. The van der Waals surface area contributed by atoms with Crippen molar-refractivity contribution in [2.45, 2.75) is 174 Å². The predicted octanol–water partition coefficient (Wildman–Crippen LogP) is 9.93. The van der Waals surface area contributed by atoms with Gasteiger partial charge in [-0.25, -0.2) is 4.79 Å². The van der Waals surface area contributed by atoms with Crippen LogP contribution in [-0.2, 0) is 23.9 Å². The molecule has 9 nitrogen and oxygen atoms in total. The second-order valence-electron chi connectivity index (χ2n) is 13.7. The number of esters is 1. The lowest BCUT2D eigenvalue weighted by Gasteiger charge is -2.14. The van der Waals surface area contributed by atoms with Gasteiger partial charge in [0.15, 0.2) is 0 Å². The van der Waals surface area contributed by atoms with Gasteiger partial charge in [0, 0.05) is 12.8 Å². The fourth-order valence-corrected chi connectivity index (χ4v) is 5.48. The number of carboxylic acids is 1. The van der Waals surface area contributed by atoms with E-state index in [1.54, 1.807) is 0 Å². The summed E-state index contributed by atoms with van der Waals surface area (Å²) < 4.78 is 5.90. The van der Waals surface area contributed by atoms with Gasteiger partial charge in [-0.05, 0) is 89.5 Å². The fourth-order valence-electron chi connectivity index (χ4n) is 5.48. The van der Waals surface area contributed by atoms with E-state index in [0.717, 1.165) is 109 Å². The molecule has 2 unspecified atom stereocenters. The lowest BCUT2D eigenvalue weighted by Crippen LogP contribution is -2.47. The molecule has 54 heavy (non-hydrogen) atoms. The molecular formula is C45H74N2O7. The van der Waals surface area contributed by atoms with E-state index in [1.165, 1.54) is 19.3 Å². The third-order valence-electron chi connectivity index (χ3n) is 8.67. The van der Waals surface area contributed by atoms with Crippen molar-refractivity contribution in [1.82, 2.24) is 10.6 Å². The summed E-state index contributed by atoms with van der Waals surface area (Å²) in [6.07, 6.45) is 48.1. The zero-order chi connectivity index (χ0) is 39.7. The van der Waals surface area contributed by atoms with Gasteiger partial charge in [-0.2, -0.15) is 0 Å². The molecule has 0 fully saturated rings. The molecule has 0 spiro atoms. The van der Waals surface area contributed by atoms with Crippen molar-refractivity contribution in [3.63, 3.8) is 0 Å². The summed E-state index contributed by atoms with van der Waals surface area (Å²) in [5, 5.41) is 22.5. The number of aliphatic hydroxyl groups is 1. The number of carbonyl (C=O) groups excluding carboxylic acids is 3. The molecule has 9 heteroatoms. The van der Waals surface area contributed by atoms with Gasteiger partial charge in [0.05, 0.1) is 13.2 Å². The van der Waals surface area contributed by atoms with Gasteiger partial charge in [0.25, 0.3) is 0 Å². The van der Waals surface area contributed by atoms with Crippen molar-refractivity contribution < 1.29 is 34.1 Å². The van der Waals surface area contributed by atoms with E-state index in [1.807, 2.05) is 6.08 Å². The van der Waals surface area contributed by atoms with Crippen LogP contribution in [0.4, 0.5) is 0 Å². The minimum Gasteiger partial charge on any atom is -0.480 e. The number of hydrogen-bond donors (Lipinski definition) is 4. The quantitative estimate of drug-likeness (QED) is 0.0283. The minimum atomic E-state index is -1.39. The summed E-state index contributed by atoms with van der Waals surface area (Å²) in [6.45, 7) is 3.31. The van der Waals surface area contributed by atoms with Crippen LogP contribution in [-0.4, -0.2) is 59.3 Å². The van der Waals surface area contributed by atoms with Gasteiger partial charge in [-0.15, -0.1) is 0 Å². The Kier molecular flexibility index (Phi) is 36.3. The van der Waals surface area contributed by atoms with Crippen LogP contribution in [0, 0.1) is 0 Å². The first-order chi connectivity index (χ1) is 26.3. The Balaban J connectivity index is 4.32. The Morgan fingerprint density at radius 3 is 1.70 bits per heavy atom. The fraction of sp³-hybridized carbons (Fsp3) is 0.644. The van der Waals surface area contributed by atoms with Crippen molar-refractivity contribution >= 4 is 23.8 Å². The van der Waals surface area contributed by atoms with Crippen LogP contribution >= 0.6 is 0 Å². The first-order valence-electron chi connectivity index (χ1n) is 20.8. The van der Waals surface area contributed by atoms with E-state index < -0.39 is 24.5 Å². The highest BCUT2D eigenvalue weighted by Crippen LogP contribution is 2.15. The molecule has 0 aliphatic carbocycles. The SMILES string of the molecule is CC/C=C\C/C=C\C/C=C\C/C=C\CCCCCCC(=O)OC(/C=C\C/C=C\CCCCC)CCCCCCCCC(=O)NCC(=O)NC(CO)C(=O)O. The maximum absolute atomic E-state index is 12.7. The summed E-state index contributed by atoms with van der Waals surface area (Å²) in [5.74, 6) is -2.39. The molecule has 0 aromatic rings. The zero-order valence-electron chi connectivity index (χ0n) is 33.7. The van der Waals surface area contributed by atoms with Crippen LogP contribution < -0.4 is 10.6 Å². The number of nitrogens with one attached hydrogen (secondary N) is 2. The van der Waals surface area contributed by atoms with Crippen molar-refractivity contribution in [2.75, 3.05) is 13.2 Å². The first-order valence-corrected chi connectivity index (χ1v) is 20.8. The lowest BCUT2D eigenvalue weighted by molar-refractivity contribution is -0.147. The third kappa shape index (κ3) is 35.3. The average Bonchev–Trinajstić information content (AvgIpc) is 3.15. The van der Waals surface area contributed by atoms with Crippen molar-refractivity contribution in [3.8, 4) is 0 Å². The van der Waals surface area contributed by atoms with E-state index in [4.69, 9.17) is 14.9 Å². The number of carboxylic acid groups (broad SMARTS) is 1. The van der Waals surface area contributed by atoms with E-state index in [-0.39, 0.29) is 30.9 Å². The molecule has 0 rings (SSSR count). The summed E-state index contributed by atoms with van der Waals surface area (Å²) in [6, 6.07) is -1.39. The average molecular weight is 755 g/mol. The summed E-state index contributed by atoms with van der Waals surface area (Å²) in [4.78, 5) is 47.4. The van der Waals surface area contributed by atoms with Crippen molar-refractivity contribution in [2.24, 2.45) is 0 Å². The second kappa shape index (κ2) is 39.0.